The molecule has 0 aliphatic carbocycles. The maximum absolute atomic E-state index is 12.5. The summed E-state index contributed by atoms with van der Waals surface area (Å²) < 4.78 is 0. The van der Waals surface area contributed by atoms with Crippen LogP contribution in [-0.4, -0.2) is 52.8 Å². The average Bonchev–Trinajstić information content (AvgIpc) is 2.63. The van der Waals surface area contributed by atoms with Crippen LogP contribution in [0.1, 0.15) is 17.4 Å². The molecule has 1 aromatic carbocycles. The van der Waals surface area contributed by atoms with Crippen molar-refractivity contribution in [2.75, 3.05) is 31.5 Å². The Kier molecular flexibility index (Phi) is 4.74. The molecule has 0 atom stereocenters. The molecular weight excluding hydrogens is 304 g/mol. The van der Waals surface area contributed by atoms with Gasteiger partial charge >= 0.3 is 0 Å². The summed E-state index contributed by atoms with van der Waals surface area (Å²) in [5.41, 5.74) is 2.22. The lowest BCUT2D eigenvalue weighted by Crippen LogP contribution is -2.50. The van der Waals surface area contributed by atoms with Crippen molar-refractivity contribution in [3.8, 4) is 0 Å². The molecule has 2 amide bonds. The summed E-state index contributed by atoms with van der Waals surface area (Å²) in [4.78, 5) is 31.6. The average molecular weight is 324 g/mol. The zero-order valence-corrected chi connectivity index (χ0v) is 13.6. The second kappa shape index (κ2) is 7.12. The van der Waals surface area contributed by atoms with Crippen molar-refractivity contribution in [3.05, 3.63) is 54.4 Å². The maximum Gasteiger partial charge on any atom is 0.272 e. The van der Waals surface area contributed by atoms with Crippen LogP contribution in [0.2, 0.25) is 0 Å². The lowest BCUT2D eigenvalue weighted by Gasteiger charge is -2.34. The normalized spacial score (nSPS) is 14.4. The summed E-state index contributed by atoms with van der Waals surface area (Å²) >= 11 is 0. The number of piperazine rings is 1. The molecule has 24 heavy (non-hydrogen) atoms. The topological polar surface area (TPSA) is 65.5 Å². The number of anilines is 2. The highest BCUT2D eigenvalue weighted by Gasteiger charge is 2.23. The van der Waals surface area contributed by atoms with Crippen molar-refractivity contribution >= 4 is 23.2 Å². The minimum absolute atomic E-state index is 0.0524. The molecule has 1 saturated heterocycles. The number of para-hydroxylation sites is 1. The third kappa shape index (κ3) is 3.71. The van der Waals surface area contributed by atoms with Gasteiger partial charge in [-0.05, 0) is 24.3 Å². The molecule has 6 nitrogen and oxygen atoms in total. The van der Waals surface area contributed by atoms with Gasteiger partial charge in [0.05, 0.1) is 11.9 Å². The third-order valence-electron chi connectivity index (χ3n) is 4.06. The molecule has 2 aromatic rings. The predicted molar refractivity (Wildman–Crippen MR) is 92.1 cm³/mol. The zero-order valence-electron chi connectivity index (χ0n) is 13.6. The summed E-state index contributed by atoms with van der Waals surface area (Å²) in [6, 6.07) is 13.4. The van der Waals surface area contributed by atoms with Crippen LogP contribution >= 0.6 is 0 Å². The largest absolute Gasteiger partial charge is 0.354 e. The zero-order chi connectivity index (χ0) is 16.9. The molecule has 2 heterocycles. The first-order chi connectivity index (χ1) is 11.6. The number of carbonyl (C=O) groups is 2. The first kappa shape index (κ1) is 16.0. The fraction of sp³-hybridized carbons (Fsp3) is 0.278. The molecule has 3 rings (SSSR count). The fourth-order valence-electron chi connectivity index (χ4n) is 2.67. The standard InChI is InChI=1S/C18H20N4O2/c1-14(23)21-9-11-22(12-10-21)18(24)17-8-7-16(13-19-17)20-15-5-3-2-4-6-15/h2-8,13,20H,9-12H2,1H3. The highest BCUT2D eigenvalue weighted by molar-refractivity contribution is 5.92. The van der Waals surface area contributed by atoms with Gasteiger partial charge in [0.2, 0.25) is 5.91 Å². The number of aromatic nitrogens is 1. The number of carbonyl (C=O) groups excluding carboxylic acids is 2. The smallest absolute Gasteiger partial charge is 0.272 e. The Labute approximate surface area is 141 Å². The number of hydrogen-bond donors (Lipinski definition) is 1. The van der Waals surface area contributed by atoms with Gasteiger partial charge in [-0.3, -0.25) is 9.59 Å². The fourth-order valence-corrected chi connectivity index (χ4v) is 2.67. The molecule has 124 valence electrons. The lowest BCUT2D eigenvalue weighted by atomic mass is 10.2. The van der Waals surface area contributed by atoms with Crippen LogP contribution in [0, 0.1) is 0 Å². The van der Waals surface area contributed by atoms with Gasteiger partial charge in [-0.2, -0.15) is 0 Å². The van der Waals surface area contributed by atoms with Crippen molar-refractivity contribution < 1.29 is 9.59 Å². The Morgan fingerprint density at radius 2 is 1.58 bits per heavy atom. The van der Waals surface area contributed by atoms with Crippen LogP contribution in [-0.2, 0) is 4.79 Å². The second-order valence-corrected chi connectivity index (χ2v) is 5.72. The first-order valence-corrected chi connectivity index (χ1v) is 7.96. The van der Waals surface area contributed by atoms with Crippen LogP contribution in [0.3, 0.4) is 0 Å². The lowest BCUT2D eigenvalue weighted by molar-refractivity contribution is -0.130. The number of amides is 2. The summed E-state index contributed by atoms with van der Waals surface area (Å²) in [5, 5.41) is 3.24. The highest BCUT2D eigenvalue weighted by atomic mass is 16.2. The molecule has 0 bridgehead atoms. The minimum atomic E-state index is -0.0931. The number of rotatable bonds is 3. The summed E-state index contributed by atoms with van der Waals surface area (Å²) in [6.07, 6.45) is 1.66. The van der Waals surface area contributed by atoms with Gasteiger partial charge in [-0.15, -0.1) is 0 Å². The molecule has 6 heteroatoms. The number of benzene rings is 1. The Bertz CT molecular complexity index is 708. The molecule has 1 aromatic heterocycles. The predicted octanol–water partition coefficient (Wildman–Crippen LogP) is 2.13. The van der Waals surface area contributed by atoms with Crippen LogP contribution < -0.4 is 5.32 Å². The van der Waals surface area contributed by atoms with Crippen LogP contribution in [0.5, 0.6) is 0 Å². The van der Waals surface area contributed by atoms with E-state index in [0.29, 0.717) is 31.9 Å². The van der Waals surface area contributed by atoms with Crippen LogP contribution in [0.4, 0.5) is 11.4 Å². The molecule has 0 saturated carbocycles. The van der Waals surface area contributed by atoms with E-state index in [9.17, 15) is 9.59 Å². The Morgan fingerprint density at radius 1 is 0.917 bits per heavy atom. The van der Waals surface area contributed by atoms with E-state index in [-0.39, 0.29) is 11.8 Å². The van der Waals surface area contributed by atoms with Gasteiger partial charge in [0.25, 0.3) is 5.91 Å². The molecule has 1 aliphatic rings. The second-order valence-electron chi connectivity index (χ2n) is 5.72. The molecule has 0 radical (unpaired) electrons. The van der Waals surface area contributed by atoms with Gasteiger partial charge in [-0.25, -0.2) is 4.98 Å². The van der Waals surface area contributed by atoms with Gasteiger partial charge in [0, 0.05) is 38.8 Å². The van der Waals surface area contributed by atoms with E-state index < -0.39 is 0 Å². The van der Waals surface area contributed by atoms with Gasteiger partial charge in [0.15, 0.2) is 0 Å². The van der Waals surface area contributed by atoms with Crippen molar-refractivity contribution in [3.63, 3.8) is 0 Å². The maximum atomic E-state index is 12.5. The van der Waals surface area contributed by atoms with Crippen LogP contribution in [0.25, 0.3) is 0 Å². The molecule has 0 unspecified atom stereocenters. The molecule has 1 aliphatic heterocycles. The summed E-state index contributed by atoms with van der Waals surface area (Å²) in [5.74, 6) is -0.0407. The van der Waals surface area contributed by atoms with E-state index in [2.05, 4.69) is 10.3 Å². The van der Waals surface area contributed by atoms with E-state index in [1.807, 2.05) is 36.4 Å². The SMILES string of the molecule is CC(=O)N1CCN(C(=O)c2ccc(Nc3ccccc3)cn2)CC1. The number of nitrogens with one attached hydrogen (secondary N) is 1. The summed E-state index contributed by atoms with van der Waals surface area (Å²) in [7, 11) is 0. The monoisotopic (exact) mass is 324 g/mol. The first-order valence-electron chi connectivity index (χ1n) is 7.96. The van der Waals surface area contributed by atoms with Gasteiger partial charge < -0.3 is 15.1 Å². The number of nitrogens with zero attached hydrogens (tertiary/aromatic N) is 3. The van der Waals surface area contributed by atoms with E-state index >= 15 is 0 Å². The highest BCUT2D eigenvalue weighted by Crippen LogP contribution is 2.16. The van der Waals surface area contributed by atoms with E-state index in [1.165, 1.54) is 0 Å². The van der Waals surface area contributed by atoms with Gasteiger partial charge in [0.1, 0.15) is 5.69 Å². The van der Waals surface area contributed by atoms with Gasteiger partial charge in [-0.1, -0.05) is 18.2 Å². The van der Waals surface area contributed by atoms with E-state index in [1.54, 1.807) is 29.0 Å². The molecule has 1 N–H and O–H groups in total. The van der Waals surface area contributed by atoms with Crippen LogP contribution in [0.15, 0.2) is 48.7 Å². The van der Waals surface area contributed by atoms with E-state index in [4.69, 9.17) is 0 Å². The number of pyridine rings is 1. The molecule has 1 fully saturated rings. The molecule has 0 spiro atoms. The van der Waals surface area contributed by atoms with Crippen molar-refractivity contribution in [2.24, 2.45) is 0 Å². The quantitative estimate of drug-likeness (QED) is 0.939. The summed E-state index contributed by atoms with van der Waals surface area (Å²) in [6.45, 7) is 3.80. The third-order valence-corrected chi connectivity index (χ3v) is 4.06. The minimum Gasteiger partial charge on any atom is -0.354 e. The Balaban J connectivity index is 1.61. The van der Waals surface area contributed by atoms with E-state index in [0.717, 1.165) is 11.4 Å². The van der Waals surface area contributed by atoms with Crippen molar-refractivity contribution in [1.82, 2.24) is 14.8 Å². The van der Waals surface area contributed by atoms with Crippen molar-refractivity contribution in [2.45, 2.75) is 6.92 Å². The molecular formula is C18H20N4O2. The number of hydrogen-bond acceptors (Lipinski definition) is 4. The Morgan fingerprint density at radius 3 is 2.17 bits per heavy atom. The Hall–Kier alpha value is -2.89. The van der Waals surface area contributed by atoms with Crippen molar-refractivity contribution in [1.29, 1.82) is 0 Å².